The van der Waals surface area contributed by atoms with Crippen molar-refractivity contribution in [3.05, 3.63) is 12.2 Å². The number of hydrogen-bond donors (Lipinski definition) is 2. The number of rotatable bonds is 5. The lowest BCUT2D eigenvalue weighted by molar-refractivity contribution is -0.134. The molecule has 0 bridgehead atoms. The van der Waals surface area contributed by atoms with Gasteiger partial charge in [0.2, 0.25) is 0 Å². The first-order valence-corrected chi connectivity index (χ1v) is 5.41. The number of methoxy groups -OCH3 is 1. The molecule has 1 rings (SSSR count). The van der Waals surface area contributed by atoms with Crippen molar-refractivity contribution < 1.29 is 24.5 Å². The highest BCUT2D eigenvalue weighted by Gasteiger charge is 2.09. The Morgan fingerprint density at radius 3 is 2.00 bits per heavy atom. The van der Waals surface area contributed by atoms with E-state index in [4.69, 9.17) is 14.9 Å². The fourth-order valence-electron chi connectivity index (χ4n) is 1.37. The summed E-state index contributed by atoms with van der Waals surface area (Å²) in [5, 5.41) is 15.6. The van der Waals surface area contributed by atoms with Crippen molar-refractivity contribution in [1.82, 2.24) is 4.90 Å². The van der Waals surface area contributed by atoms with Gasteiger partial charge < -0.3 is 19.8 Å². The molecule has 0 spiro atoms. The summed E-state index contributed by atoms with van der Waals surface area (Å²) < 4.78 is 4.96. The minimum absolute atomic E-state index is 0.558. The van der Waals surface area contributed by atoms with E-state index in [1.165, 1.54) is 25.9 Å². The van der Waals surface area contributed by atoms with E-state index in [0.717, 1.165) is 13.2 Å². The van der Waals surface area contributed by atoms with Gasteiger partial charge in [-0.25, -0.2) is 9.59 Å². The molecular formula is C11H19NO5. The van der Waals surface area contributed by atoms with Crippen molar-refractivity contribution >= 4 is 11.9 Å². The number of carboxylic acids is 2. The molecule has 0 aliphatic carbocycles. The van der Waals surface area contributed by atoms with Crippen LogP contribution in [0.2, 0.25) is 0 Å². The van der Waals surface area contributed by atoms with Crippen molar-refractivity contribution in [2.75, 3.05) is 33.4 Å². The molecule has 0 unspecified atom stereocenters. The Morgan fingerprint density at radius 1 is 1.18 bits per heavy atom. The van der Waals surface area contributed by atoms with E-state index in [-0.39, 0.29) is 0 Å². The van der Waals surface area contributed by atoms with Crippen LogP contribution in [-0.2, 0) is 14.3 Å². The molecule has 0 atom stereocenters. The molecule has 2 N–H and O–H groups in total. The molecule has 1 saturated heterocycles. The molecule has 6 heteroatoms. The van der Waals surface area contributed by atoms with E-state index < -0.39 is 11.9 Å². The van der Waals surface area contributed by atoms with Gasteiger partial charge in [0.05, 0.1) is 6.61 Å². The average molecular weight is 245 g/mol. The third-order valence-electron chi connectivity index (χ3n) is 2.18. The van der Waals surface area contributed by atoms with Crippen LogP contribution in [-0.4, -0.2) is 60.4 Å². The minimum Gasteiger partial charge on any atom is -0.478 e. The molecule has 98 valence electrons. The smallest absolute Gasteiger partial charge is 0.328 e. The first-order chi connectivity index (χ1) is 8.06. The summed E-state index contributed by atoms with van der Waals surface area (Å²) >= 11 is 0. The Hall–Kier alpha value is -1.40. The van der Waals surface area contributed by atoms with Crippen LogP contribution in [0.3, 0.4) is 0 Å². The zero-order valence-corrected chi connectivity index (χ0v) is 9.96. The molecular weight excluding hydrogens is 226 g/mol. The number of nitrogens with zero attached hydrogens (tertiary/aromatic N) is 1. The van der Waals surface area contributed by atoms with Gasteiger partial charge in [-0.2, -0.15) is 0 Å². The van der Waals surface area contributed by atoms with Crippen LogP contribution < -0.4 is 0 Å². The quantitative estimate of drug-likeness (QED) is 0.683. The molecule has 1 fully saturated rings. The highest BCUT2D eigenvalue weighted by atomic mass is 16.5. The van der Waals surface area contributed by atoms with Crippen LogP contribution in [0.1, 0.15) is 12.8 Å². The van der Waals surface area contributed by atoms with E-state index in [1.54, 1.807) is 7.11 Å². The number of hydrogen-bond acceptors (Lipinski definition) is 4. The molecule has 0 aromatic heterocycles. The Balaban J connectivity index is 0.000000304. The average Bonchev–Trinajstić information content (AvgIpc) is 2.77. The number of aliphatic carboxylic acids is 2. The summed E-state index contributed by atoms with van der Waals surface area (Å²) in [6.45, 7) is 4.57. The monoisotopic (exact) mass is 245 g/mol. The molecule has 0 amide bonds. The lowest BCUT2D eigenvalue weighted by Gasteiger charge is -2.12. The van der Waals surface area contributed by atoms with Crippen LogP contribution in [0.5, 0.6) is 0 Å². The van der Waals surface area contributed by atoms with E-state index >= 15 is 0 Å². The van der Waals surface area contributed by atoms with E-state index in [2.05, 4.69) is 4.90 Å². The summed E-state index contributed by atoms with van der Waals surface area (Å²) in [4.78, 5) is 21.6. The SMILES string of the molecule is COCCN1CCCC1.O=C(O)C=CC(=O)O. The fraction of sp³-hybridized carbons (Fsp3) is 0.636. The summed E-state index contributed by atoms with van der Waals surface area (Å²) in [6, 6.07) is 0. The first kappa shape index (κ1) is 15.6. The second-order valence-electron chi connectivity index (χ2n) is 3.55. The molecule has 0 aromatic carbocycles. The lowest BCUT2D eigenvalue weighted by Crippen LogP contribution is -2.23. The maximum atomic E-state index is 9.55. The van der Waals surface area contributed by atoms with E-state index in [9.17, 15) is 9.59 Å². The fourth-order valence-corrected chi connectivity index (χ4v) is 1.37. The molecule has 0 saturated carbocycles. The number of ether oxygens (including phenoxy) is 1. The summed E-state index contributed by atoms with van der Waals surface area (Å²) in [7, 11) is 1.76. The normalized spacial score (nSPS) is 15.6. The topological polar surface area (TPSA) is 87.1 Å². The zero-order chi connectivity index (χ0) is 13.1. The van der Waals surface area contributed by atoms with Gasteiger partial charge >= 0.3 is 11.9 Å². The lowest BCUT2D eigenvalue weighted by atomic mass is 10.4. The van der Waals surface area contributed by atoms with Gasteiger partial charge in [-0.05, 0) is 25.9 Å². The largest absolute Gasteiger partial charge is 0.478 e. The number of carbonyl (C=O) groups is 2. The van der Waals surface area contributed by atoms with Crippen LogP contribution in [0.25, 0.3) is 0 Å². The Bertz CT molecular complexity index is 243. The molecule has 1 heterocycles. The maximum absolute atomic E-state index is 9.55. The Morgan fingerprint density at radius 2 is 1.65 bits per heavy atom. The van der Waals surface area contributed by atoms with Gasteiger partial charge in [0, 0.05) is 25.8 Å². The van der Waals surface area contributed by atoms with Crippen molar-refractivity contribution in [2.45, 2.75) is 12.8 Å². The molecule has 0 radical (unpaired) electrons. The van der Waals surface area contributed by atoms with Crippen molar-refractivity contribution in [2.24, 2.45) is 0 Å². The molecule has 1 aliphatic rings. The molecule has 17 heavy (non-hydrogen) atoms. The first-order valence-electron chi connectivity index (χ1n) is 5.41. The van der Waals surface area contributed by atoms with Gasteiger partial charge in [0.1, 0.15) is 0 Å². The zero-order valence-electron chi connectivity index (χ0n) is 9.96. The molecule has 0 aromatic rings. The summed E-state index contributed by atoms with van der Waals surface area (Å²) in [5.74, 6) is -2.51. The van der Waals surface area contributed by atoms with Gasteiger partial charge in [0.15, 0.2) is 0 Å². The van der Waals surface area contributed by atoms with Crippen LogP contribution in [0.4, 0.5) is 0 Å². The van der Waals surface area contributed by atoms with Crippen LogP contribution in [0, 0.1) is 0 Å². The second-order valence-corrected chi connectivity index (χ2v) is 3.55. The summed E-state index contributed by atoms with van der Waals surface area (Å²) in [6.07, 6.45) is 3.87. The highest BCUT2D eigenvalue weighted by Crippen LogP contribution is 2.05. The Labute approximate surface area is 100 Å². The number of carboxylic acid groups (broad SMARTS) is 2. The second kappa shape index (κ2) is 9.80. The van der Waals surface area contributed by atoms with Gasteiger partial charge in [-0.1, -0.05) is 0 Å². The van der Waals surface area contributed by atoms with Crippen LogP contribution in [0.15, 0.2) is 12.2 Å². The molecule has 1 aliphatic heterocycles. The van der Waals surface area contributed by atoms with Crippen LogP contribution >= 0.6 is 0 Å². The standard InChI is InChI=1S/C7H15NO.C4H4O4/c1-9-7-6-8-4-2-3-5-8;5-3(6)1-2-4(7)8/h2-7H2,1H3;1-2H,(H,5,6)(H,7,8). The van der Waals surface area contributed by atoms with E-state index in [0.29, 0.717) is 12.2 Å². The van der Waals surface area contributed by atoms with Crippen molar-refractivity contribution in [1.29, 1.82) is 0 Å². The third kappa shape index (κ3) is 10.9. The Kier molecular flexibility index (Phi) is 8.99. The van der Waals surface area contributed by atoms with Gasteiger partial charge in [-0.3, -0.25) is 0 Å². The predicted molar refractivity (Wildman–Crippen MR) is 62.0 cm³/mol. The number of likely N-dealkylation sites (tertiary alicyclic amines) is 1. The predicted octanol–water partition coefficient (Wildman–Crippen LogP) is 0.440. The summed E-state index contributed by atoms with van der Waals surface area (Å²) in [5.41, 5.74) is 0. The minimum atomic E-state index is -1.26. The maximum Gasteiger partial charge on any atom is 0.328 e. The third-order valence-corrected chi connectivity index (χ3v) is 2.18. The van der Waals surface area contributed by atoms with E-state index in [1.807, 2.05) is 0 Å². The highest BCUT2D eigenvalue weighted by molar-refractivity contribution is 5.89. The van der Waals surface area contributed by atoms with Gasteiger partial charge in [-0.15, -0.1) is 0 Å². The van der Waals surface area contributed by atoms with Gasteiger partial charge in [0.25, 0.3) is 0 Å². The van der Waals surface area contributed by atoms with Crippen molar-refractivity contribution in [3.63, 3.8) is 0 Å². The molecule has 6 nitrogen and oxygen atoms in total. The van der Waals surface area contributed by atoms with Crippen molar-refractivity contribution in [3.8, 4) is 0 Å².